The van der Waals surface area contributed by atoms with Crippen LogP contribution in [0.5, 0.6) is 5.75 Å². The van der Waals surface area contributed by atoms with Crippen LogP contribution < -0.4 is 0 Å². The van der Waals surface area contributed by atoms with Gasteiger partial charge in [-0.2, -0.15) is 0 Å². The van der Waals surface area contributed by atoms with E-state index in [1.54, 1.807) is 30.5 Å². The van der Waals surface area contributed by atoms with Crippen molar-refractivity contribution in [2.45, 2.75) is 6.92 Å². The Morgan fingerprint density at radius 3 is 2.69 bits per heavy atom. The number of benzene rings is 1. The third kappa shape index (κ3) is 2.42. The molecule has 0 radical (unpaired) electrons. The minimum Gasteiger partial charge on any atom is -0.508 e. The Morgan fingerprint density at radius 2 is 2.00 bits per heavy atom. The van der Waals surface area contributed by atoms with Crippen molar-refractivity contribution in [2.24, 2.45) is 10.2 Å². The summed E-state index contributed by atoms with van der Waals surface area (Å²) < 4.78 is 0. The maximum absolute atomic E-state index is 9.24. The zero-order valence-corrected chi connectivity index (χ0v) is 8.83. The quantitative estimate of drug-likeness (QED) is 0.776. The summed E-state index contributed by atoms with van der Waals surface area (Å²) in [5, 5.41) is 17.3. The number of pyridine rings is 1. The van der Waals surface area contributed by atoms with E-state index in [0.29, 0.717) is 5.82 Å². The summed E-state index contributed by atoms with van der Waals surface area (Å²) in [7, 11) is 0. The molecule has 2 rings (SSSR count). The number of aromatic nitrogens is 1. The van der Waals surface area contributed by atoms with Gasteiger partial charge in [-0.05, 0) is 42.8 Å². The average Bonchev–Trinajstić information content (AvgIpc) is 2.29. The van der Waals surface area contributed by atoms with E-state index in [0.717, 1.165) is 11.3 Å². The molecule has 0 fully saturated rings. The summed E-state index contributed by atoms with van der Waals surface area (Å²) in [6.45, 7) is 1.87. The lowest BCUT2D eigenvalue weighted by molar-refractivity contribution is 0.475. The normalized spacial score (nSPS) is 10.8. The molecule has 2 aromatic rings. The zero-order valence-electron chi connectivity index (χ0n) is 8.83. The van der Waals surface area contributed by atoms with Gasteiger partial charge in [0.15, 0.2) is 5.82 Å². The number of nitrogens with zero attached hydrogens (tertiary/aromatic N) is 3. The highest BCUT2D eigenvalue weighted by Crippen LogP contribution is 2.24. The van der Waals surface area contributed by atoms with Gasteiger partial charge in [0.2, 0.25) is 0 Å². The second-order valence-electron chi connectivity index (χ2n) is 3.36. The first kappa shape index (κ1) is 10.3. The van der Waals surface area contributed by atoms with Gasteiger partial charge >= 0.3 is 0 Å². The molecular weight excluding hydrogens is 202 g/mol. The van der Waals surface area contributed by atoms with Crippen LogP contribution in [-0.2, 0) is 0 Å². The Balaban J connectivity index is 2.24. The lowest BCUT2D eigenvalue weighted by atomic mass is 10.2. The summed E-state index contributed by atoms with van der Waals surface area (Å²) in [6.07, 6.45) is 1.66. The van der Waals surface area contributed by atoms with E-state index >= 15 is 0 Å². The molecule has 0 amide bonds. The van der Waals surface area contributed by atoms with Crippen LogP contribution in [0, 0.1) is 6.92 Å². The standard InChI is InChI=1S/C12H11N3O/c1-9-8-10(16)5-6-11(9)14-15-12-4-2-3-7-13-12/h2-8,16H,1H3/b15-14+. The Hall–Kier alpha value is -2.23. The summed E-state index contributed by atoms with van der Waals surface area (Å²) in [4.78, 5) is 4.03. The molecule has 0 saturated heterocycles. The van der Waals surface area contributed by atoms with Gasteiger partial charge in [-0.15, -0.1) is 10.2 Å². The fraction of sp³-hybridized carbons (Fsp3) is 0.0833. The van der Waals surface area contributed by atoms with Crippen molar-refractivity contribution >= 4 is 11.5 Å². The molecule has 1 aromatic heterocycles. The van der Waals surface area contributed by atoms with E-state index in [2.05, 4.69) is 15.2 Å². The Kier molecular flexibility index (Phi) is 2.91. The van der Waals surface area contributed by atoms with E-state index in [1.807, 2.05) is 19.1 Å². The van der Waals surface area contributed by atoms with Crippen molar-refractivity contribution in [1.29, 1.82) is 0 Å². The molecule has 0 atom stereocenters. The molecule has 1 N–H and O–H groups in total. The van der Waals surface area contributed by atoms with Gasteiger partial charge in [0.25, 0.3) is 0 Å². The molecule has 0 spiro atoms. The summed E-state index contributed by atoms with van der Waals surface area (Å²) in [5.74, 6) is 0.796. The largest absolute Gasteiger partial charge is 0.508 e. The molecule has 16 heavy (non-hydrogen) atoms. The van der Waals surface area contributed by atoms with E-state index in [9.17, 15) is 5.11 Å². The van der Waals surface area contributed by atoms with Crippen molar-refractivity contribution in [1.82, 2.24) is 4.98 Å². The van der Waals surface area contributed by atoms with Crippen molar-refractivity contribution in [2.75, 3.05) is 0 Å². The number of aromatic hydroxyl groups is 1. The van der Waals surface area contributed by atoms with Gasteiger partial charge in [-0.1, -0.05) is 6.07 Å². The number of hydrogen-bond acceptors (Lipinski definition) is 4. The summed E-state index contributed by atoms with van der Waals surface area (Å²) in [5.41, 5.74) is 1.60. The predicted molar refractivity (Wildman–Crippen MR) is 61.3 cm³/mol. The molecule has 0 unspecified atom stereocenters. The van der Waals surface area contributed by atoms with Crippen LogP contribution in [0.3, 0.4) is 0 Å². The van der Waals surface area contributed by atoms with E-state index in [-0.39, 0.29) is 5.75 Å². The first-order valence-electron chi connectivity index (χ1n) is 4.88. The second kappa shape index (κ2) is 4.53. The van der Waals surface area contributed by atoms with Gasteiger partial charge in [-0.3, -0.25) is 0 Å². The highest BCUT2D eigenvalue weighted by atomic mass is 16.3. The molecule has 0 aliphatic rings. The minimum absolute atomic E-state index is 0.231. The lowest BCUT2D eigenvalue weighted by Crippen LogP contribution is -1.74. The third-order valence-electron chi connectivity index (χ3n) is 2.09. The van der Waals surface area contributed by atoms with Gasteiger partial charge in [0, 0.05) is 6.20 Å². The molecule has 1 aromatic carbocycles. The molecular formula is C12H11N3O. The molecule has 4 heteroatoms. The highest BCUT2D eigenvalue weighted by molar-refractivity contribution is 5.48. The van der Waals surface area contributed by atoms with Gasteiger partial charge in [-0.25, -0.2) is 4.98 Å². The number of phenolic OH excluding ortho intramolecular Hbond substituents is 1. The molecule has 0 bridgehead atoms. The first-order chi connectivity index (χ1) is 7.75. The molecule has 0 saturated carbocycles. The SMILES string of the molecule is Cc1cc(O)ccc1/N=N/c1ccccn1. The molecule has 0 aliphatic carbocycles. The molecule has 1 heterocycles. The van der Waals surface area contributed by atoms with E-state index < -0.39 is 0 Å². The Labute approximate surface area is 93.3 Å². The average molecular weight is 213 g/mol. The summed E-state index contributed by atoms with van der Waals surface area (Å²) >= 11 is 0. The smallest absolute Gasteiger partial charge is 0.174 e. The number of hydrogen-bond donors (Lipinski definition) is 1. The number of aryl methyl sites for hydroxylation is 1. The van der Waals surface area contributed by atoms with Gasteiger partial charge < -0.3 is 5.11 Å². The lowest BCUT2D eigenvalue weighted by Gasteiger charge is -1.98. The van der Waals surface area contributed by atoms with Crippen LogP contribution >= 0.6 is 0 Å². The fourth-order valence-corrected chi connectivity index (χ4v) is 1.27. The second-order valence-corrected chi connectivity index (χ2v) is 3.36. The van der Waals surface area contributed by atoms with Crippen LogP contribution in [0.4, 0.5) is 11.5 Å². The number of azo groups is 1. The molecule has 4 nitrogen and oxygen atoms in total. The zero-order chi connectivity index (χ0) is 11.4. The van der Waals surface area contributed by atoms with Crippen molar-refractivity contribution in [3.63, 3.8) is 0 Å². The monoisotopic (exact) mass is 213 g/mol. The van der Waals surface area contributed by atoms with Crippen LogP contribution in [0.25, 0.3) is 0 Å². The number of phenols is 1. The first-order valence-corrected chi connectivity index (χ1v) is 4.88. The maximum atomic E-state index is 9.24. The van der Waals surface area contributed by atoms with Crippen LogP contribution in [0.1, 0.15) is 5.56 Å². The van der Waals surface area contributed by atoms with Crippen molar-refractivity contribution < 1.29 is 5.11 Å². The van der Waals surface area contributed by atoms with E-state index in [4.69, 9.17) is 0 Å². The topological polar surface area (TPSA) is 57.8 Å². The van der Waals surface area contributed by atoms with Crippen molar-refractivity contribution in [3.05, 3.63) is 48.2 Å². The van der Waals surface area contributed by atoms with Crippen LogP contribution in [0.2, 0.25) is 0 Å². The molecule has 80 valence electrons. The minimum atomic E-state index is 0.231. The predicted octanol–water partition coefficient (Wildman–Crippen LogP) is 3.51. The van der Waals surface area contributed by atoms with Gasteiger partial charge in [0.05, 0.1) is 5.69 Å². The number of rotatable bonds is 2. The summed E-state index contributed by atoms with van der Waals surface area (Å²) in [6, 6.07) is 10.4. The Bertz CT molecular complexity index is 509. The fourth-order valence-electron chi connectivity index (χ4n) is 1.27. The maximum Gasteiger partial charge on any atom is 0.174 e. The van der Waals surface area contributed by atoms with Gasteiger partial charge in [0.1, 0.15) is 5.75 Å². The Morgan fingerprint density at radius 1 is 1.12 bits per heavy atom. The highest BCUT2D eigenvalue weighted by Gasteiger charge is 1.97. The molecule has 0 aliphatic heterocycles. The van der Waals surface area contributed by atoms with Crippen LogP contribution in [-0.4, -0.2) is 10.1 Å². The third-order valence-corrected chi connectivity index (χ3v) is 2.09. The van der Waals surface area contributed by atoms with Crippen molar-refractivity contribution in [3.8, 4) is 5.75 Å². The van der Waals surface area contributed by atoms with E-state index in [1.165, 1.54) is 0 Å². The van der Waals surface area contributed by atoms with Crippen LogP contribution in [0.15, 0.2) is 52.8 Å².